The summed E-state index contributed by atoms with van der Waals surface area (Å²) in [7, 11) is 1.78. The van der Waals surface area contributed by atoms with Gasteiger partial charge in [-0.2, -0.15) is 0 Å². The molecule has 0 atom stereocenters. The molecule has 2 N–H and O–H groups in total. The van der Waals surface area contributed by atoms with Gasteiger partial charge in [0.05, 0.1) is 13.2 Å². The number of aryl methyl sites for hydroxylation is 1. The Kier molecular flexibility index (Phi) is 14.8. The van der Waals surface area contributed by atoms with E-state index < -0.39 is 0 Å². The Balaban J connectivity index is 1.35. The van der Waals surface area contributed by atoms with Crippen LogP contribution in [0.1, 0.15) is 66.9 Å². The molecule has 0 aliphatic carbocycles. The summed E-state index contributed by atoms with van der Waals surface area (Å²) < 4.78 is 11.0. The van der Waals surface area contributed by atoms with E-state index in [2.05, 4.69) is 22.5 Å². The highest BCUT2D eigenvalue weighted by atomic mass is 16.5. The number of morpholine rings is 1. The lowest BCUT2D eigenvalue weighted by Gasteiger charge is -2.26. The predicted molar refractivity (Wildman–Crippen MR) is 209 cm³/mol. The van der Waals surface area contributed by atoms with Crippen molar-refractivity contribution in [2.75, 3.05) is 63.3 Å². The molecular weight excluding hydrogens is 652 g/mol. The summed E-state index contributed by atoms with van der Waals surface area (Å²) in [5.74, 6) is -0.318. The van der Waals surface area contributed by atoms with Gasteiger partial charge in [0.25, 0.3) is 0 Å². The number of amides is 2. The van der Waals surface area contributed by atoms with Crippen molar-refractivity contribution in [3.05, 3.63) is 114 Å². The number of urea groups is 1. The third-order valence-electron chi connectivity index (χ3n) is 9.36. The zero-order valence-corrected chi connectivity index (χ0v) is 30.6. The van der Waals surface area contributed by atoms with E-state index in [9.17, 15) is 14.4 Å². The zero-order chi connectivity index (χ0) is 36.5. The minimum absolute atomic E-state index is 0.0822. The molecule has 0 saturated carbocycles. The summed E-state index contributed by atoms with van der Waals surface area (Å²) in [5.41, 5.74) is 6.11. The van der Waals surface area contributed by atoms with Crippen LogP contribution in [0.5, 0.6) is 0 Å². The molecule has 1 aliphatic rings. The van der Waals surface area contributed by atoms with E-state index in [0.29, 0.717) is 56.1 Å². The highest BCUT2D eigenvalue weighted by Crippen LogP contribution is 2.35. The number of hydrogen-bond acceptors (Lipinski definition) is 7. The first kappa shape index (κ1) is 38.2. The summed E-state index contributed by atoms with van der Waals surface area (Å²) in [6, 6.07) is 30.5. The van der Waals surface area contributed by atoms with Crippen LogP contribution >= 0.6 is 0 Å². The molecule has 0 aromatic heterocycles. The fraction of sp³-hybridized carbons (Fsp3) is 0.372. The van der Waals surface area contributed by atoms with Gasteiger partial charge < -0.3 is 20.1 Å². The summed E-state index contributed by atoms with van der Waals surface area (Å²) >= 11 is 0. The van der Waals surface area contributed by atoms with Crippen molar-refractivity contribution >= 4 is 34.8 Å². The molecule has 0 unspecified atom stereocenters. The van der Waals surface area contributed by atoms with E-state index in [4.69, 9.17) is 9.47 Å². The zero-order valence-electron chi connectivity index (χ0n) is 30.6. The molecule has 52 heavy (non-hydrogen) atoms. The number of carbonyl (C=O) groups is 3. The van der Waals surface area contributed by atoms with Crippen molar-refractivity contribution in [2.45, 2.75) is 51.9 Å². The third kappa shape index (κ3) is 11.3. The van der Waals surface area contributed by atoms with Gasteiger partial charge in [-0.3, -0.25) is 19.4 Å². The van der Waals surface area contributed by atoms with Gasteiger partial charge in [-0.15, -0.1) is 0 Å². The van der Waals surface area contributed by atoms with Crippen LogP contribution in [0.25, 0.3) is 11.1 Å². The molecule has 1 heterocycles. The molecule has 5 rings (SSSR count). The first-order valence-electron chi connectivity index (χ1n) is 18.6. The van der Waals surface area contributed by atoms with Crippen LogP contribution in [0, 0.1) is 0 Å². The fourth-order valence-electron chi connectivity index (χ4n) is 6.26. The SMILES string of the molecule is CCCCCCCNC(=O)N(C)c1cccc(-c2ccc(CCC(=O)OCCN3CCOCC3)cc2Nc2ccccc2C(=O)c2ccccc2)c1. The Labute approximate surface area is 308 Å². The van der Waals surface area contributed by atoms with Crippen LogP contribution in [0.15, 0.2) is 97.1 Å². The Morgan fingerprint density at radius 3 is 2.40 bits per heavy atom. The van der Waals surface area contributed by atoms with Crippen molar-refractivity contribution in [2.24, 2.45) is 0 Å². The van der Waals surface area contributed by atoms with Crippen LogP contribution in [0.2, 0.25) is 0 Å². The van der Waals surface area contributed by atoms with Crippen molar-refractivity contribution in [3.8, 4) is 11.1 Å². The second-order valence-electron chi connectivity index (χ2n) is 13.2. The number of rotatable bonds is 18. The first-order chi connectivity index (χ1) is 25.4. The van der Waals surface area contributed by atoms with Crippen LogP contribution in [0.4, 0.5) is 21.9 Å². The maximum Gasteiger partial charge on any atom is 0.321 e. The number of ether oxygens (including phenoxy) is 2. The van der Waals surface area contributed by atoms with Gasteiger partial charge in [-0.1, -0.05) is 99.3 Å². The van der Waals surface area contributed by atoms with Crippen LogP contribution in [-0.2, 0) is 20.7 Å². The lowest BCUT2D eigenvalue weighted by molar-refractivity contribution is -0.144. The summed E-state index contributed by atoms with van der Waals surface area (Å²) in [5, 5.41) is 6.61. The summed E-state index contributed by atoms with van der Waals surface area (Å²) in [6.45, 7) is 7.02. The molecule has 4 aromatic rings. The lowest BCUT2D eigenvalue weighted by Crippen LogP contribution is -2.38. The van der Waals surface area contributed by atoms with Gasteiger partial charge in [0, 0.05) is 73.4 Å². The molecule has 0 bridgehead atoms. The lowest BCUT2D eigenvalue weighted by atomic mass is 9.97. The fourth-order valence-corrected chi connectivity index (χ4v) is 6.26. The number of nitrogens with one attached hydrogen (secondary N) is 2. The van der Waals surface area contributed by atoms with Gasteiger partial charge in [0.1, 0.15) is 6.61 Å². The van der Waals surface area contributed by atoms with Crippen molar-refractivity contribution in [1.82, 2.24) is 10.2 Å². The number of esters is 1. The molecule has 2 amide bonds. The number of hydrogen-bond donors (Lipinski definition) is 2. The van der Waals surface area contributed by atoms with E-state index >= 15 is 0 Å². The minimum Gasteiger partial charge on any atom is -0.464 e. The normalized spacial score (nSPS) is 13.0. The van der Waals surface area contributed by atoms with Crippen LogP contribution < -0.4 is 15.5 Å². The molecule has 0 radical (unpaired) electrons. The van der Waals surface area contributed by atoms with Crippen LogP contribution in [0.3, 0.4) is 0 Å². The highest BCUT2D eigenvalue weighted by Gasteiger charge is 2.18. The average molecular weight is 705 g/mol. The van der Waals surface area contributed by atoms with Crippen molar-refractivity contribution in [3.63, 3.8) is 0 Å². The largest absolute Gasteiger partial charge is 0.464 e. The van der Waals surface area contributed by atoms with Crippen molar-refractivity contribution in [1.29, 1.82) is 0 Å². The number of para-hydroxylation sites is 1. The maximum atomic E-state index is 13.6. The van der Waals surface area contributed by atoms with E-state index in [1.807, 2.05) is 97.1 Å². The average Bonchev–Trinajstić information content (AvgIpc) is 3.19. The molecule has 1 aliphatic heterocycles. The quantitative estimate of drug-likeness (QED) is 0.0611. The number of anilines is 3. The highest BCUT2D eigenvalue weighted by molar-refractivity contribution is 6.12. The number of unbranched alkanes of at least 4 members (excludes halogenated alkanes) is 4. The Morgan fingerprint density at radius 1 is 0.827 bits per heavy atom. The molecule has 1 fully saturated rings. The Hall–Kier alpha value is -4.99. The van der Waals surface area contributed by atoms with E-state index in [1.54, 1.807) is 11.9 Å². The first-order valence-corrected chi connectivity index (χ1v) is 18.6. The van der Waals surface area contributed by atoms with E-state index in [-0.39, 0.29) is 24.2 Å². The third-order valence-corrected chi connectivity index (χ3v) is 9.36. The minimum atomic E-state index is -0.236. The van der Waals surface area contributed by atoms with E-state index in [1.165, 1.54) is 19.3 Å². The number of carbonyl (C=O) groups excluding carboxylic acids is 3. The monoisotopic (exact) mass is 704 g/mol. The number of benzene rings is 4. The molecule has 9 heteroatoms. The Morgan fingerprint density at radius 2 is 1.60 bits per heavy atom. The van der Waals surface area contributed by atoms with Gasteiger partial charge in [0.2, 0.25) is 0 Å². The molecule has 9 nitrogen and oxygen atoms in total. The number of nitrogens with zero attached hydrogens (tertiary/aromatic N) is 2. The molecule has 274 valence electrons. The van der Waals surface area contributed by atoms with Gasteiger partial charge in [-0.25, -0.2) is 4.79 Å². The molecule has 4 aromatic carbocycles. The Bertz CT molecular complexity index is 1760. The van der Waals surface area contributed by atoms with Crippen molar-refractivity contribution < 1.29 is 23.9 Å². The second-order valence-corrected chi connectivity index (χ2v) is 13.2. The number of ketones is 1. The molecule has 0 spiro atoms. The topological polar surface area (TPSA) is 100 Å². The van der Waals surface area contributed by atoms with Gasteiger partial charge >= 0.3 is 12.0 Å². The molecule has 1 saturated heterocycles. The predicted octanol–water partition coefficient (Wildman–Crippen LogP) is 8.25. The maximum absolute atomic E-state index is 13.6. The van der Waals surface area contributed by atoms with Gasteiger partial charge in [0.15, 0.2) is 5.78 Å². The summed E-state index contributed by atoms with van der Waals surface area (Å²) in [4.78, 5) is 43.2. The standard InChI is InChI=1S/C43H52N4O5/c1-3-4-5-6-12-24-44-43(50)46(2)36-17-13-16-35(32-36)37-22-20-33(21-23-41(48)52-30-27-47-25-28-51-29-26-47)31-40(37)45-39-19-11-10-18-38(39)42(49)34-14-8-7-9-15-34/h7-11,13-20,22,31-32,45H,3-6,12,21,23-30H2,1-2H3,(H,44,50). The van der Waals surface area contributed by atoms with E-state index in [0.717, 1.165) is 54.0 Å². The second kappa shape index (κ2) is 20.2. The van der Waals surface area contributed by atoms with Gasteiger partial charge in [-0.05, 0) is 54.3 Å². The molecular formula is C43H52N4O5. The van der Waals surface area contributed by atoms with Crippen LogP contribution in [-0.4, -0.2) is 75.7 Å². The smallest absolute Gasteiger partial charge is 0.321 e. The summed E-state index contributed by atoms with van der Waals surface area (Å²) in [6.07, 6.45) is 6.40.